The van der Waals surface area contributed by atoms with Crippen molar-refractivity contribution in [2.75, 3.05) is 6.54 Å². The van der Waals surface area contributed by atoms with E-state index in [4.69, 9.17) is 0 Å². The van der Waals surface area contributed by atoms with Crippen LogP contribution >= 0.6 is 0 Å². The van der Waals surface area contributed by atoms with E-state index < -0.39 is 0 Å². The van der Waals surface area contributed by atoms with Crippen LogP contribution in [0.4, 0.5) is 0 Å². The van der Waals surface area contributed by atoms with Crippen LogP contribution < -0.4 is 5.43 Å². The lowest BCUT2D eigenvalue weighted by molar-refractivity contribution is 0.486. The van der Waals surface area contributed by atoms with Crippen molar-refractivity contribution < 1.29 is 0 Å². The summed E-state index contributed by atoms with van der Waals surface area (Å²) in [6.45, 7) is 0.918. The molecule has 0 aliphatic carbocycles. The highest BCUT2D eigenvalue weighted by molar-refractivity contribution is 5.69. The van der Waals surface area contributed by atoms with Crippen molar-refractivity contribution in [3.8, 4) is 0 Å². The average Bonchev–Trinajstić information content (AvgIpc) is 2.33. The summed E-state index contributed by atoms with van der Waals surface area (Å²) in [4.78, 5) is 4.16. The number of hydrazone groups is 1. The fourth-order valence-corrected chi connectivity index (χ4v) is 1.22. The molecule has 0 saturated heterocycles. The summed E-state index contributed by atoms with van der Waals surface area (Å²) in [6.07, 6.45) is 4.97. The Labute approximate surface area is 53.9 Å². The molecule has 0 spiro atoms. The Morgan fingerprint density at radius 2 is 2.56 bits per heavy atom. The summed E-state index contributed by atoms with van der Waals surface area (Å²) in [7, 11) is 0. The molecule has 0 aromatic carbocycles. The summed E-state index contributed by atoms with van der Waals surface area (Å²) in [5, 5.41) is 3.97. The van der Waals surface area contributed by atoms with Crippen molar-refractivity contribution in [2.45, 2.75) is 12.5 Å². The summed E-state index contributed by atoms with van der Waals surface area (Å²) >= 11 is 0. The number of nitrogens with zero attached hydrogens (tertiary/aromatic N) is 2. The minimum Gasteiger partial charge on any atom is -0.306 e. The maximum Gasteiger partial charge on any atom is 0.0585 e. The van der Waals surface area contributed by atoms with Crippen LogP contribution in [0.1, 0.15) is 6.42 Å². The van der Waals surface area contributed by atoms with E-state index >= 15 is 0 Å². The van der Waals surface area contributed by atoms with Crippen molar-refractivity contribution in [2.24, 2.45) is 16.0 Å². The van der Waals surface area contributed by atoms with Gasteiger partial charge in [-0.3, -0.25) is 4.99 Å². The molecule has 2 rings (SSSR count). The smallest absolute Gasteiger partial charge is 0.0585 e. The minimum absolute atomic E-state index is 0.544. The third-order valence-corrected chi connectivity index (χ3v) is 1.83. The molecule has 0 amide bonds. The number of hydrogen-bond donors (Lipinski definition) is 1. The molecule has 0 bridgehead atoms. The molecule has 2 atom stereocenters. The molecular weight excluding hydrogens is 114 g/mol. The van der Waals surface area contributed by atoms with E-state index in [1.165, 1.54) is 0 Å². The number of fused-ring (bicyclic) bond motifs is 1. The fourth-order valence-electron chi connectivity index (χ4n) is 1.22. The lowest BCUT2D eigenvalue weighted by Gasteiger charge is -2.17. The molecule has 0 saturated carbocycles. The third-order valence-electron chi connectivity index (χ3n) is 1.83. The first kappa shape index (κ1) is 4.97. The summed E-state index contributed by atoms with van der Waals surface area (Å²) < 4.78 is 0. The third kappa shape index (κ3) is 0.724. The first-order chi connectivity index (χ1) is 4.47. The fraction of sp³-hybridized carbons (Fsp3) is 0.667. The molecule has 3 nitrogen and oxygen atoms in total. The van der Waals surface area contributed by atoms with E-state index in [2.05, 4.69) is 15.5 Å². The van der Waals surface area contributed by atoms with Crippen LogP contribution in [-0.2, 0) is 0 Å². The van der Waals surface area contributed by atoms with Crippen LogP contribution in [0.15, 0.2) is 10.1 Å². The molecule has 0 fully saturated rings. The molecule has 0 aromatic heterocycles. The van der Waals surface area contributed by atoms with Gasteiger partial charge in [0, 0.05) is 31.3 Å². The molecule has 2 aliphatic heterocycles. The van der Waals surface area contributed by atoms with E-state index in [1.807, 2.05) is 12.4 Å². The Bertz CT molecular complexity index is 162. The van der Waals surface area contributed by atoms with E-state index in [9.17, 15) is 0 Å². The zero-order valence-corrected chi connectivity index (χ0v) is 5.12. The van der Waals surface area contributed by atoms with Gasteiger partial charge >= 0.3 is 0 Å². The minimum atomic E-state index is 0.544. The topological polar surface area (TPSA) is 36.8 Å². The lowest BCUT2D eigenvalue weighted by atomic mass is 9.98. The van der Waals surface area contributed by atoms with Crippen LogP contribution in [0.5, 0.6) is 0 Å². The number of hydrogen-bond acceptors (Lipinski definition) is 3. The first-order valence-electron chi connectivity index (χ1n) is 3.24. The molecule has 2 heterocycles. The van der Waals surface area contributed by atoms with E-state index in [-0.39, 0.29) is 0 Å². The van der Waals surface area contributed by atoms with Crippen LogP contribution in [0.3, 0.4) is 0 Å². The van der Waals surface area contributed by atoms with Gasteiger partial charge in [-0.05, 0) is 0 Å². The van der Waals surface area contributed by atoms with Gasteiger partial charge in [0.15, 0.2) is 0 Å². The quantitative estimate of drug-likeness (QED) is 0.485. The highest BCUT2D eigenvalue weighted by Gasteiger charge is 2.24. The second kappa shape index (κ2) is 1.83. The van der Waals surface area contributed by atoms with Crippen LogP contribution in [0.25, 0.3) is 0 Å². The Kier molecular flexibility index (Phi) is 1.01. The standard InChI is InChI=1S/C6H9N3/c1-2-7-3-5-4-8-9-6(1)5/h2,4-6,9H,1,3H2. The van der Waals surface area contributed by atoms with Gasteiger partial charge in [-0.15, -0.1) is 0 Å². The van der Waals surface area contributed by atoms with Gasteiger partial charge in [-0.2, -0.15) is 5.10 Å². The van der Waals surface area contributed by atoms with Crippen molar-refractivity contribution in [1.82, 2.24) is 5.43 Å². The summed E-state index contributed by atoms with van der Waals surface area (Å²) in [6, 6.07) is 0.544. The SMILES string of the molecule is C1=NCC2C=NNC2C1. The van der Waals surface area contributed by atoms with Crippen molar-refractivity contribution in [3.63, 3.8) is 0 Å². The van der Waals surface area contributed by atoms with Gasteiger partial charge in [-0.25, -0.2) is 0 Å². The number of nitrogens with one attached hydrogen (secondary N) is 1. The first-order valence-corrected chi connectivity index (χ1v) is 3.24. The molecule has 48 valence electrons. The Hall–Kier alpha value is -0.860. The average molecular weight is 123 g/mol. The Balaban J connectivity index is 2.13. The van der Waals surface area contributed by atoms with Crippen molar-refractivity contribution >= 4 is 12.4 Å². The van der Waals surface area contributed by atoms with Crippen LogP contribution in [-0.4, -0.2) is 25.0 Å². The molecule has 2 unspecified atom stereocenters. The van der Waals surface area contributed by atoms with Gasteiger partial charge in [0.05, 0.1) is 6.04 Å². The van der Waals surface area contributed by atoms with Crippen LogP contribution in [0, 0.1) is 5.92 Å². The highest BCUT2D eigenvalue weighted by Crippen LogP contribution is 2.13. The normalized spacial score (nSPS) is 38.2. The van der Waals surface area contributed by atoms with Gasteiger partial charge < -0.3 is 5.43 Å². The van der Waals surface area contributed by atoms with Crippen LogP contribution in [0.2, 0.25) is 0 Å². The highest BCUT2D eigenvalue weighted by atomic mass is 15.3. The Morgan fingerprint density at radius 1 is 1.56 bits per heavy atom. The lowest BCUT2D eigenvalue weighted by Crippen LogP contribution is -2.32. The summed E-state index contributed by atoms with van der Waals surface area (Å²) in [5.41, 5.74) is 3.04. The molecule has 2 aliphatic rings. The van der Waals surface area contributed by atoms with Gasteiger partial charge in [0.25, 0.3) is 0 Å². The zero-order valence-electron chi connectivity index (χ0n) is 5.12. The molecule has 3 heteroatoms. The molecule has 0 aromatic rings. The van der Waals surface area contributed by atoms with Gasteiger partial charge in [-0.1, -0.05) is 0 Å². The maximum absolute atomic E-state index is 4.16. The predicted molar refractivity (Wildman–Crippen MR) is 36.9 cm³/mol. The van der Waals surface area contributed by atoms with Gasteiger partial charge in [0.1, 0.15) is 0 Å². The second-order valence-corrected chi connectivity index (χ2v) is 2.46. The molecule has 9 heavy (non-hydrogen) atoms. The number of aliphatic imine (C=N–C) groups is 1. The monoisotopic (exact) mass is 123 g/mol. The van der Waals surface area contributed by atoms with E-state index in [0.717, 1.165) is 13.0 Å². The van der Waals surface area contributed by atoms with E-state index in [0.29, 0.717) is 12.0 Å². The second-order valence-electron chi connectivity index (χ2n) is 2.46. The Morgan fingerprint density at radius 3 is 3.44 bits per heavy atom. The largest absolute Gasteiger partial charge is 0.306 e. The molecular formula is C6H9N3. The number of rotatable bonds is 0. The van der Waals surface area contributed by atoms with Gasteiger partial charge in [0.2, 0.25) is 0 Å². The zero-order chi connectivity index (χ0) is 6.10. The molecule has 1 N–H and O–H groups in total. The molecule has 0 radical (unpaired) electrons. The maximum atomic E-state index is 4.16. The van der Waals surface area contributed by atoms with E-state index in [1.54, 1.807) is 0 Å². The van der Waals surface area contributed by atoms with Crippen molar-refractivity contribution in [3.05, 3.63) is 0 Å². The van der Waals surface area contributed by atoms with Crippen molar-refractivity contribution in [1.29, 1.82) is 0 Å². The summed E-state index contributed by atoms with van der Waals surface area (Å²) in [5.74, 6) is 0.565. The predicted octanol–water partition coefficient (Wildman–Crippen LogP) is 0.0347.